The lowest BCUT2D eigenvalue weighted by Crippen LogP contribution is -2.45. The second-order valence-corrected chi connectivity index (χ2v) is 8.09. The first-order valence-corrected chi connectivity index (χ1v) is 12.4. The molecule has 0 radical (unpaired) electrons. The van der Waals surface area contributed by atoms with Gasteiger partial charge in [0, 0.05) is 6.04 Å². The van der Waals surface area contributed by atoms with Gasteiger partial charge in [-0.3, -0.25) is 0 Å². The van der Waals surface area contributed by atoms with Crippen LogP contribution in [0.2, 0.25) is 0 Å². The van der Waals surface area contributed by atoms with E-state index in [0.717, 1.165) is 19.0 Å². The van der Waals surface area contributed by atoms with Crippen molar-refractivity contribution >= 4 is 22.5 Å². The zero-order valence-electron chi connectivity index (χ0n) is 22.6. The molecule has 38 heavy (non-hydrogen) atoms. The highest BCUT2D eigenvalue weighted by Gasteiger charge is 2.39. The van der Waals surface area contributed by atoms with Crippen LogP contribution >= 0.6 is 0 Å². The number of alkyl halides is 3. The number of nitrogens with two attached hydrogens (primary N) is 2. The molecule has 0 amide bonds. The van der Waals surface area contributed by atoms with Crippen molar-refractivity contribution in [2.45, 2.75) is 72.7 Å². The topological polar surface area (TPSA) is 134 Å². The summed E-state index contributed by atoms with van der Waals surface area (Å²) in [5.41, 5.74) is 8.40. The van der Waals surface area contributed by atoms with Gasteiger partial charge in [-0.15, -0.1) is 0 Å². The number of hydrogen-bond acceptors (Lipinski definition) is 9. The van der Waals surface area contributed by atoms with Crippen molar-refractivity contribution in [2.75, 3.05) is 25.1 Å². The summed E-state index contributed by atoms with van der Waals surface area (Å²) >= 11 is 0. The number of nitrogens with one attached hydrogen (secondary N) is 1. The quantitative estimate of drug-likeness (QED) is 0.356. The van der Waals surface area contributed by atoms with E-state index in [9.17, 15) is 13.2 Å². The smallest absolute Gasteiger partial charge is 0.418 e. The maximum atomic E-state index is 15.7. The van der Waals surface area contributed by atoms with Crippen molar-refractivity contribution in [2.24, 2.45) is 0 Å². The maximum Gasteiger partial charge on any atom is 0.418 e. The van der Waals surface area contributed by atoms with Crippen LogP contribution < -0.4 is 26.3 Å². The predicted molar refractivity (Wildman–Crippen MR) is 139 cm³/mol. The molecular weight excluding hydrogens is 506 g/mol. The van der Waals surface area contributed by atoms with Crippen LogP contribution in [0.3, 0.4) is 0 Å². The minimum atomic E-state index is -4.85. The molecule has 0 aromatic carbocycles. The SMILES string of the molecule is CC.CC.COc1nc(N)c2c(OC(C)CC3CCN3)nc(-c3nc(N)cc(C)c3C(F)(F)F)c(F)c2n1. The molecule has 2 atom stereocenters. The number of anilines is 2. The first kappa shape index (κ1) is 30.7. The predicted octanol–water partition coefficient (Wildman–Crippen LogP) is 5.30. The van der Waals surface area contributed by atoms with Crippen LogP contribution in [-0.2, 0) is 6.18 Å². The standard InChI is InChI=1S/C21H23F4N7O2.2C2H6/c1-8-6-11(26)29-16(13(8)21(23,24)25)17-14(22)15-12(18(27)32-20(31-15)33-3)19(30-17)34-9(2)7-10-4-5-28-10;2*1-2/h6,9-10,28H,4-5,7H2,1-3H3,(H2,26,29)(H2,27,31,32);2*1-2H3. The number of methoxy groups -OCH3 is 1. The molecule has 0 bridgehead atoms. The van der Waals surface area contributed by atoms with Crippen LogP contribution in [0.1, 0.15) is 58.6 Å². The Morgan fingerprint density at radius 1 is 1.08 bits per heavy atom. The highest BCUT2D eigenvalue weighted by Crippen LogP contribution is 2.42. The summed E-state index contributed by atoms with van der Waals surface area (Å²) in [5.74, 6) is -1.83. The molecule has 5 N–H and O–H groups in total. The molecule has 1 aliphatic heterocycles. The summed E-state index contributed by atoms with van der Waals surface area (Å²) in [6.45, 7) is 11.9. The van der Waals surface area contributed by atoms with E-state index in [2.05, 4.69) is 25.3 Å². The number of halogens is 4. The number of hydrogen-bond donors (Lipinski definition) is 3. The number of aryl methyl sites for hydroxylation is 1. The van der Waals surface area contributed by atoms with Gasteiger partial charge in [-0.25, -0.2) is 14.4 Å². The van der Waals surface area contributed by atoms with Crippen molar-refractivity contribution in [3.8, 4) is 23.3 Å². The Hall–Kier alpha value is -3.48. The first-order chi connectivity index (χ1) is 18.0. The number of ether oxygens (including phenoxy) is 2. The number of nitrogen functional groups attached to an aromatic ring is 2. The van der Waals surface area contributed by atoms with Crippen LogP contribution in [0.4, 0.5) is 29.2 Å². The van der Waals surface area contributed by atoms with Gasteiger partial charge in [0.05, 0.1) is 18.8 Å². The molecule has 1 fully saturated rings. The van der Waals surface area contributed by atoms with Gasteiger partial charge in [0.15, 0.2) is 5.82 Å². The van der Waals surface area contributed by atoms with E-state index in [1.807, 2.05) is 27.7 Å². The molecule has 210 valence electrons. The van der Waals surface area contributed by atoms with Crippen LogP contribution in [-0.4, -0.2) is 45.7 Å². The Morgan fingerprint density at radius 2 is 1.71 bits per heavy atom. The first-order valence-electron chi connectivity index (χ1n) is 12.4. The average Bonchev–Trinajstić information content (AvgIpc) is 2.84. The zero-order chi connectivity index (χ0) is 28.8. The molecule has 3 aromatic heterocycles. The van der Waals surface area contributed by atoms with E-state index >= 15 is 4.39 Å². The van der Waals surface area contributed by atoms with E-state index in [-0.39, 0.29) is 40.5 Å². The average molecular weight is 542 g/mol. The van der Waals surface area contributed by atoms with E-state index in [1.54, 1.807) is 6.92 Å². The zero-order valence-corrected chi connectivity index (χ0v) is 22.6. The summed E-state index contributed by atoms with van der Waals surface area (Å²) in [5, 5.41) is 3.15. The molecule has 0 saturated carbocycles. The minimum absolute atomic E-state index is 0.0790. The molecule has 13 heteroatoms. The van der Waals surface area contributed by atoms with E-state index < -0.39 is 40.6 Å². The van der Waals surface area contributed by atoms with Crippen LogP contribution in [0.15, 0.2) is 6.07 Å². The Bertz CT molecular complexity index is 1250. The van der Waals surface area contributed by atoms with Crippen molar-refractivity contribution in [1.82, 2.24) is 25.3 Å². The van der Waals surface area contributed by atoms with Gasteiger partial charge in [0.2, 0.25) is 5.88 Å². The molecule has 4 heterocycles. The number of nitrogens with zero attached hydrogens (tertiary/aromatic N) is 4. The molecule has 0 aliphatic carbocycles. The number of fused-ring (bicyclic) bond motifs is 1. The van der Waals surface area contributed by atoms with E-state index in [1.165, 1.54) is 14.0 Å². The fraction of sp³-hybridized carbons (Fsp3) is 0.520. The van der Waals surface area contributed by atoms with E-state index in [0.29, 0.717) is 6.42 Å². The third-order valence-electron chi connectivity index (χ3n) is 5.54. The Kier molecular flexibility index (Phi) is 10.4. The van der Waals surface area contributed by atoms with Crippen molar-refractivity contribution in [3.63, 3.8) is 0 Å². The van der Waals surface area contributed by atoms with Gasteiger partial charge in [0.25, 0.3) is 0 Å². The largest absolute Gasteiger partial charge is 0.474 e. The lowest BCUT2D eigenvalue weighted by Gasteiger charge is -2.30. The van der Waals surface area contributed by atoms with Crippen molar-refractivity contribution < 1.29 is 27.0 Å². The Balaban J connectivity index is 0.00000121. The van der Waals surface area contributed by atoms with Crippen LogP contribution in [0, 0.1) is 12.7 Å². The molecule has 1 aliphatic rings. The second kappa shape index (κ2) is 12.9. The Morgan fingerprint density at radius 3 is 2.24 bits per heavy atom. The Labute approximate surface area is 219 Å². The molecular formula is C25H35F4N7O2. The lowest BCUT2D eigenvalue weighted by molar-refractivity contribution is -0.137. The summed E-state index contributed by atoms with van der Waals surface area (Å²) in [4.78, 5) is 15.8. The second-order valence-electron chi connectivity index (χ2n) is 8.09. The summed E-state index contributed by atoms with van der Waals surface area (Å²) in [6, 6.07) is 1.01. The van der Waals surface area contributed by atoms with Crippen molar-refractivity contribution in [1.29, 1.82) is 0 Å². The molecule has 2 unspecified atom stereocenters. The minimum Gasteiger partial charge on any atom is -0.474 e. The van der Waals surface area contributed by atoms with Gasteiger partial charge >= 0.3 is 12.2 Å². The molecule has 4 rings (SSSR count). The highest BCUT2D eigenvalue weighted by molar-refractivity contribution is 5.95. The number of aromatic nitrogens is 4. The fourth-order valence-corrected chi connectivity index (χ4v) is 3.89. The van der Waals surface area contributed by atoms with Gasteiger partial charge < -0.3 is 26.3 Å². The lowest BCUT2D eigenvalue weighted by atomic mass is 10.0. The molecule has 1 saturated heterocycles. The molecule has 9 nitrogen and oxygen atoms in total. The maximum absolute atomic E-state index is 15.7. The number of pyridine rings is 2. The van der Waals surface area contributed by atoms with E-state index in [4.69, 9.17) is 20.9 Å². The van der Waals surface area contributed by atoms with Gasteiger partial charge in [-0.2, -0.15) is 23.1 Å². The third-order valence-corrected chi connectivity index (χ3v) is 5.54. The van der Waals surface area contributed by atoms with Crippen molar-refractivity contribution in [3.05, 3.63) is 23.0 Å². The van der Waals surface area contributed by atoms with Gasteiger partial charge in [0.1, 0.15) is 33.9 Å². The molecule has 0 spiro atoms. The third kappa shape index (κ3) is 6.50. The van der Waals surface area contributed by atoms with Gasteiger partial charge in [-0.05, 0) is 44.9 Å². The monoisotopic (exact) mass is 541 g/mol. The van der Waals surface area contributed by atoms with Gasteiger partial charge in [-0.1, -0.05) is 27.7 Å². The normalized spacial score (nSPS) is 15.4. The summed E-state index contributed by atoms with van der Waals surface area (Å²) in [7, 11) is 1.25. The number of rotatable bonds is 6. The summed E-state index contributed by atoms with van der Waals surface area (Å²) < 4.78 is 68.3. The van der Waals surface area contributed by atoms with Crippen LogP contribution in [0.25, 0.3) is 22.3 Å². The highest BCUT2D eigenvalue weighted by atomic mass is 19.4. The summed E-state index contributed by atoms with van der Waals surface area (Å²) in [6.07, 6.45) is -3.72. The molecule has 3 aromatic rings. The van der Waals surface area contributed by atoms with Crippen LogP contribution in [0.5, 0.6) is 11.9 Å². The fourth-order valence-electron chi connectivity index (χ4n) is 3.89.